The van der Waals surface area contributed by atoms with Crippen LogP contribution in [0.15, 0.2) is 36.4 Å². The van der Waals surface area contributed by atoms with Crippen LogP contribution in [0.5, 0.6) is 0 Å². The van der Waals surface area contributed by atoms with Crippen molar-refractivity contribution in [2.45, 2.75) is 73.1 Å². The summed E-state index contributed by atoms with van der Waals surface area (Å²) in [4.78, 5) is 60.1. The van der Waals surface area contributed by atoms with E-state index in [0.29, 0.717) is 44.6 Å². The lowest BCUT2D eigenvalue weighted by atomic mass is 10.1. The van der Waals surface area contributed by atoms with Gasteiger partial charge in [0.15, 0.2) is 6.29 Å². The van der Waals surface area contributed by atoms with Crippen LogP contribution in [-0.2, 0) is 16.0 Å². The van der Waals surface area contributed by atoms with E-state index < -0.39 is 10.5 Å². The lowest BCUT2D eigenvalue weighted by Gasteiger charge is -2.35. The van der Waals surface area contributed by atoms with E-state index in [4.69, 9.17) is 9.47 Å². The first kappa shape index (κ1) is 40.5. The van der Waals surface area contributed by atoms with Crippen molar-refractivity contribution < 1.29 is 33.7 Å². The van der Waals surface area contributed by atoms with Gasteiger partial charge in [-0.15, -0.1) is 0 Å². The fraction of sp³-hybridized carbons (Fsp3) is 0.559. The van der Waals surface area contributed by atoms with Crippen molar-refractivity contribution in [3.63, 3.8) is 0 Å². The highest BCUT2D eigenvalue weighted by Gasteiger charge is 2.27. The number of nitro groups is 2. The highest BCUT2D eigenvalue weighted by Crippen LogP contribution is 2.23. The molecule has 2 fully saturated rings. The van der Waals surface area contributed by atoms with E-state index in [9.17, 15) is 34.6 Å². The Balaban J connectivity index is 0.000000281. The Morgan fingerprint density at radius 1 is 0.755 bits per heavy atom. The van der Waals surface area contributed by atoms with Crippen LogP contribution < -0.4 is 5.32 Å². The van der Waals surface area contributed by atoms with Crippen LogP contribution in [0.2, 0.25) is 0 Å². The predicted molar refractivity (Wildman–Crippen MR) is 185 cm³/mol. The van der Waals surface area contributed by atoms with Gasteiger partial charge in [-0.1, -0.05) is 18.2 Å². The van der Waals surface area contributed by atoms with Crippen LogP contribution in [0.3, 0.4) is 0 Å². The molecule has 0 aromatic heterocycles. The van der Waals surface area contributed by atoms with Gasteiger partial charge in [0.2, 0.25) is 0 Å². The van der Waals surface area contributed by atoms with E-state index in [1.54, 1.807) is 28.9 Å². The van der Waals surface area contributed by atoms with Gasteiger partial charge in [-0.05, 0) is 72.6 Å². The van der Waals surface area contributed by atoms with E-state index in [0.717, 1.165) is 37.3 Å². The molecule has 0 aliphatic carbocycles. The van der Waals surface area contributed by atoms with Crippen LogP contribution in [0.4, 0.5) is 21.0 Å². The zero-order valence-corrected chi connectivity index (χ0v) is 29.8. The minimum absolute atomic E-state index is 0.116. The number of ether oxygens (including phenoxy) is 2. The summed E-state index contributed by atoms with van der Waals surface area (Å²) in [6, 6.07) is 9.79. The van der Waals surface area contributed by atoms with Gasteiger partial charge >= 0.3 is 12.2 Å². The Morgan fingerprint density at radius 3 is 1.65 bits per heavy atom. The van der Waals surface area contributed by atoms with Crippen LogP contribution in [0.25, 0.3) is 0 Å². The molecule has 270 valence electrons. The molecule has 2 amide bonds. The first-order valence-electron chi connectivity index (χ1n) is 16.1. The van der Waals surface area contributed by atoms with Crippen molar-refractivity contribution in [3.8, 4) is 0 Å². The number of hydrogen-bond donors (Lipinski definition) is 1. The van der Waals surface area contributed by atoms with Crippen LogP contribution in [0, 0.1) is 34.1 Å². The van der Waals surface area contributed by atoms with Gasteiger partial charge in [-0.25, -0.2) is 9.59 Å². The summed E-state index contributed by atoms with van der Waals surface area (Å²) in [6.07, 6.45) is -0.0186. The molecule has 15 heteroatoms. The Bertz CT molecular complexity index is 1460. The third-order valence-electron chi connectivity index (χ3n) is 7.13. The SMILES string of the molecule is CC(C)(C)OC(=O)N1CCNCC1.Cc1ccc(C=O)c([N+](=O)[O-])c1.Cc1ccc(CN2CCN(C(=O)OC(C)(C)C)CC2)c([N+](=O)[O-])c1. The standard InChI is InChI=1S/C17H25N3O4.C9H18N2O2.C8H7NO3/c1-13-5-6-14(15(11-13)20(22)23)12-18-7-9-19(10-8-18)16(21)24-17(2,3)4;1-9(2,3)13-8(12)11-6-4-10-5-7-11;1-6-2-3-7(5-10)8(4-6)9(11)12/h5-6,11H,7-10,12H2,1-4H3;10H,4-7H2,1-3H3;2-5H,1H3. The summed E-state index contributed by atoms with van der Waals surface area (Å²) in [6.45, 7) is 21.0. The zero-order chi connectivity index (χ0) is 36.9. The zero-order valence-electron chi connectivity index (χ0n) is 29.8. The smallest absolute Gasteiger partial charge is 0.410 e. The lowest BCUT2D eigenvalue weighted by molar-refractivity contribution is -0.385. The molecule has 0 bridgehead atoms. The molecule has 0 spiro atoms. The van der Waals surface area contributed by atoms with Crippen LogP contribution >= 0.6 is 0 Å². The first-order valence-corrected chi connectivity index (χ1v) is 16.1. The summed E-state index contributed by atoms with van der Waals surface area (Å²) in [7, 11) is 0. The molecule has 0 atom stereocenters. The molecule has 4 rings (SSSR count). The molecular formula is C34H50N6O9. The number of amides is 2. The number of benzene rings is 2. The second-order valence-corrected chi connectivity index (χ2v) is 13.8. The van der Waals surface area contributed by atoms with E-state index in [-0.39, 0.29) is 39.6 Å². The maximum absolute atomic E-state index is 12.1. The van der Waals surface area contributed by atoms with Gasteiger partial charge in [0.1, 0.15) is 11.2 Å². The van der Waals surface area contributed by atoms with E-state index in [2.05, 4.69) is 10.2 Å². The topological polar surface area (TPSA) is 178 Å². The molecule has 0 radical (unpaired) electrons. The second kappa shape index (κ2) is 18.2. The fourth-order valence-electron chi connectivity index (χ4n) is 4.72. The Hall–Kier alpha value is -4.63. The van der Waals surface area contributed by atoms with Gasteiger partial charge in [0.25, 0.3) is 11.4 Å². The van der Waals surface area contributed by atoms with Crippen molar-refractivity contribution in [1.29, 1.82) is 0 Å². The Labute approximate surface area is 287 Å². The molecule has 1 N–H and O–H groups in total. The second-order valence-electron chi connectivity index (χ2n) is 13.8. The molecule has 2 aromatic rings. The normalized spacial score (nSPS) is 15.1. The molecule has 2 saturated heterocycles. The number of nitrogens with zero attached hydrogens (tertiary/aromatic N) is 5. The number of carbonyl (C=O) groups is 3. The van der Waals surface area contributed by atoms with Gasteiger partial charge in [-0.3, -0.25) is 29.9 Å². The third kappa shape index (κ3) is 14.6. The number of piperazine rings is 2. The van der Waals surface area contributed by atoms with Crippen molar-refractivity contribution >= 4 is 29.8 Å². The molecular weight excluding hydrogens is 636 g/mol. The van der Waals surface area contributed by atoms with Gasteiger partial charge < -0.3 is 24.6 Å². The molecule has 15 nitrogen and oxygen atoms in total. The molecule has 0 saturated carbocycles. The number of nitro benzene ring substituents is 2. The summed E-state index contributed by atoms with van der Waals surface area (Å²) < 4.78 is 10.6. The fourth-order valence-corrected chi connectivity index (χ4v) is 4.72. The highest BCUT2D eigenvalue weighted by molar-refractivity contribution is 5.81. The van der Waals surface area contributed by atoms with E-state index >= 15 is 0 Å². The summed E-state index contributed by atoms with van der Waals surface area (Å²) in [5, 5.41) is 24.8. The number of carbonyl (C=O) groups excluding carboxylic acids is 3. The maximum atomic E-state index is 12.1. The maximum Gasteiger partial charge on any atom is 0.410 e. The van der Waals surface area contributed by atoms with Crippen molar-refractivity contribution in [2.75, 3.05) is 52.4 Å². The number of rotatable bonds is 5. The Kier molecular flexibility index (Phi) is 15.1. The number of nitrogens with one attached hydrogen (secondary N) is 1. The third-order valence-corrected chi connectivity index (χ3v) is 7.13. The quantitative estimate of drug-likeness (QED) is 0.239. The van der Waals surface area contributed by atoms with E-state index in [1.807, 2.05) is 60.6 Å². The number of aryl methyl sites for hydroxylation is 2. The van der Waals surface area contributed by atoms with Gasteiger partial charge in [-0.2, -0.15) is 0 Å². The van der Waals surface area contributed by atoms with Crippen LogP contribution in [0.1, 0.15) is 68.6 Å². The number of aldehydes is 1. The predicted octanol–water partition coefficient (Wildman–Crippen LogP) is 5.50. The summed E-state index contributed by atoms with van der Waals surface area (Å²) >= 11 is 0. The minimum Gasteiger partial charge on any atom is -0.444 e. The average molecular weight is 687 g/mol. The largest absolute Gasteiger partial charge is 0.444 e. The number of hydrogen-bond acceptors (Lipinski definition) is 11. The molecule has 49 heavy (non-hydrogen) atoms. The first-order chi connectivity index (χ1) is 22.8. The average Bonchev–Trinajstić information content (AvgIpc) is 3.01. The minimum atomic E-state index is -0.559. The highest BCUT2D eigenvalue weighted by atomic mass is 16.6. The van der Waals surface area contributed by atoms with Crippen molar-refractivity contribution in [1.82, 2.24) is 20.0 Å². The molecule has 2 aliphatic heterocycles. The van der Waals surface area contributed by atoms with E-state index in [1.165, 1.54) is 12.1 Å². The van der Waals surface area contributed by atoms with Gasteiger partial charge in [0.05, 0.1) is 15.4 Å². The molecule has 2 heterocycles. The Morgan fingerprint density at radius 2 is 1.20 bits per heavy atom. The summed E-state index contributed by atoms with van der Waals surface area (Å²) in [5.41, 5.74) is 1.60. The molecule has 2 aliphatic rings. The van der Waals surface area contributed by atoms with Gasteiger partial charge in [0, 0.05) is 76.6 Å². The summed E-state index contributed by atoms with van der Waals surface area (Å²) in [5.74, 6) is 0. The van der Waals surface area contributed by atoms with Crippen molar-refractivity contribution in [2.24, 2.45) is 0 Å². The van der Waals surface area contributed by atoms with Crippen LogP contribution in [-0.4, -0.2) is 107 Å². The monoisotopic (exact) mass is 686 g/mol. The lowest BCUT2D eigenvalue weighted by Crippen LogP contribution is -2.49. The molecule has 0 unspecified atom stereocenters. The van der Waals surface area contributed by atoms with Crippen molar-refractivity contribution in [3.05, 3.63) is 78.9 Å². The molecule has 2 aromatic carbocycles.